The minimum atomic E-state index is -0.568. The lowest BCUT2D eigenvalue weighted by Crippen LogP contribution is -2.37. The number of hydrogen-bond acceptors (Lipinski definition) is 3. The molecule has 1 aliphatic heterocycles. The van der Waals surface area contributed by atoms with Crippen LogP contribution in [0.5, 0.6) is 0 Å². The molecule has 4 nitrogen and oxygen atoms in total. The van der Waals surface area contributed by atoms with Crippen molar-refractivity contribution in [3.63, 3.8) is 0 Å². The third kappa shape index (κ3) is 4.55. The zero-order chi connectivity index (χ0) is 15.5. The minimum Gasteiger partial charge on any atom is -0.460 e. The Hall–Kier alpha value is -1.39. The van der Waals surface area contributed by atoms with Crippen LogP contribution in [0.2, 0.25) is 0 Å². The van der Waals surface area contributed by atoms with Crippen molar-refractivity contribution in [2.24, 2.45) is 0 Å². The third-order valence-electron chi connectivity index (χ3n) is 3.73. The Morgan fingerprint density at radius 3 is 2.81 bits per heavy atom. The van der Waals surface area contributed by atoms with E-state index in [4.69, 9.17) is 9.47 Å². The van der Waals surface area contributed by atoms with Gasteiger partial charge in [-0.2, -0.15) is 0 Å². The molecule has 1 heterocycles. The Kier molecular flexibility index (Phi) is 5.01. The summed E-state index contributed by atoms with van der Waals surface area (Å²) in [5.74, 6) is -0.268. The van der Waals surface area contributed by atoms with E-state index in [0.29, 0.717) is 6.61 Å². The molecule has 4 heteroatoms. The molecule has 1 aromatic carbocycles. The number of fused-ring (bicyclic) bond motifs is 1. The minimum absolute atomic E-state index is 0.0902. The average Bonchev–Trinajstić information content (AvgIpc) is 2.43. The second kappa shape index (κ2) is 6.58. The van der Waals surface area contributed by atoms with Crippen LogP contribution in [0, 0.1) is 0 Å². The summed E-state index contributed by atoms with van der Waals surface area (Å²) in [5, 5.41) is 0. The lowest BCUT2D eigenvalue weighted by molar-refractivity contribution is -0.870. The van der Waals surface area contributed by atoms with Crippen molar-refractivity contribution in [1.29, 1.82) is 0 Å². The summed E-state index contributed by atoms with van der Waals surface area (Å²) in [6, 6.07) is 7.94. The van der Waals surface area contributed by atoms with Crippen molar-refractivity contribution in [2.45, 2.75) is 32.0 Å². The SMILES string of the molecule is CC(CC[N+](C)(C)C)OC(=O)C1OCCc2ccccc21. The number of benzene rings is 1. The molecule has 0 bridgehead atoms. The van der Waals surface area contributed by atoms with Gasteiger partial charge in [0.15, 0.2) is 6.10 Å². The highest BCUT2D eigenvalue weighted by Gasteiger charge is 2.29. The topological polar surface area (TPSA) is 35.5 Å². The number of carbonyl (C=O) groups excluding carboxylic acids is 1. The van der Waals surface area contributed by atoms with Crippen molar-refractivity contribution >= 4 is 5.97 Å². The summed E-state index contributed by atoms with van der Waals surface area (Å²) in [7, 11) is 6.40. The number of nitrogens with zero attached hydrogens (tertiary/aromatic N) is 1. The lowest BCUT2D eigenvalue weighted by atomic mass is 9.98. The van der Waals surface area contributed by atoms with Crippen LogP contribution in [0.15, 0.2) is 24.3 Å². The van der Waals surface area contributed by atoms with Crippen molar-refractivity contribution in [3.8, 4) is 0 Å². The fraction of sp³-hybridized carbons (Fsp3) is 0.588. The standard InChI is InChI=1S/C17H26NO3/c1-13(9-11-18(2,3)4)21-17(19)16-15-8-6-5-7-14(15)10-12-20-16/h5-8,13,16H,9-12H2,1-4H3/q+1. The summed E-state index contributed by atoms with van der Waals surface area (Å²) in [4.78, 5) is 12.3. The molecule has 2 atom stereocenters. The summed E-state index contributed by atoms with van der Waals surface area (Å²) in [6.45, 7) is 3.49. The quantitative estimate of drug-likeness (QED) is 0.617. The first kappa shape index (κ1) is 16.0. The van der Waals surface area contributed by atoms with Crippen LogP contribution in [-0.4, -0.2) is 50.9 Å². The summed E-state index contributed by atoms with van der Waals surface area (Å²) < 4.78 is 12.1. The highest BCUT2D eigenvalue weighted by Crippen LogP contribution is 2.28. The molecule has 0 aliphatic carbocycles. The summed E-state index contributed by atoms with van der Waals surface area (Å²) >= 11 is 0. The highest BCUT2D eigenvalue weighted by atomic mass is 16.6. The van der Waals surface area contributed by atoms with E-state index in [1.807, 2.05) is 25.1 Å². The maximum atomic E-state index is 12.3. The first-order valence-corrected chi connectivity index (χ1v) is 7.57. The largest absolute Gasteiger partial charge is 0.460 e. The first-order chi connectivity index (χ1) is 9.87. The van der Waals surface area contributed by atoms with Crippen LogP contribution in [-0.2, 0) is 20.7 Å². The number of carbonyl (C=O) groups is 1. The molecule has 21 heavy (non-hydrogen) atoms. The molecule has 1 aromatic rings. The van der Waals surface area contributed by atoms with Crippen LogP contribution >= 0.6 is 0 Å². The number of esters is 1. The zero-order valence-electron chi connectivity index (χ0n) is 13.5. The van der Waals surface area contributed by atoms with Crippen LogP contribution in [0.4, 0.5) is 0 Å². The molecule has 2 rings (SSSR count). The number of quaternary nitrogens is 1. The molecule has 0 aromatic heterocycles. The molecule has 0 radical (unpaired) electrons. The average molecular weight is 292 g/mol. The molecular weight excluding hydrogens is 266 g/mol. The molecule has 0 spiro atoms. The van der Waals surface area contributed by atoms with Crippen molar-refractivity contribution < 1.29 is 18.8 Å². The van der Waals surface area contributed by atoms with Gasteiger partial charge in [0.05, 0.1) is 34.3 Å². The van der Waals surface area contributed by atoms with Crippen molar-refractivity contribution in [2.75, 3.05) is 34.3 Å². The molecule has 0 fully saturated rings. The van der Waals surface area contributed by atoms with Gasteiger partial charge in [-0.15, -0.1) is 0 Å². The van der Waals surface area contributed by atoms with Gasteiger partial charge < -0.3 is 14.0 Å². The Morgan fingerprint density at radius 2 is 2.10 bits per heavy atom. The zero-order valence-corrected chi connectivity index (χ0v) is 13.5. The van der Waals surface area contributed by atoms with Crippen LogP contribution in [0.25, 0.3) is 0 Å². The predicted molar refractivity (Wildman–Crippen MR) is 81.9 cm³/mol. The lowest BCUT2D eigenvalue weighted by Gasteiger charge is -2.28. The van der Waals surface area contributed by atoms with Gasteiger partial charge in [0.2, 0.25) is 0 Å². The third-order valence-corrected chi connectivity index (χ3v) is 3.73. The fourth-order valence-corrected chi connectivity index (χ4v) is 2.48. The Bertz CT molecular complexity index is 493. The Balaban J connectivity index is 1.95. The predicted octanol–water partition coefficient (Wildman–Crippen LogP) is 2.33. The van der Waals surface area contributed by atoms with E-state index in [0.717, 1.165) is 29.4 Å². The van der Waals surface area contributed by atoms with Crippen molar-refractivity contribution in [1.82, 2.24) is 0 Å². The van der Waals surface area contributed by atoms with Crippen molar-refractivity contribution in [3.05, 3.63) is 35.4 Å². The van der Waals surface area contributed by atoms with Crippen LogP contribution in [0.1, 0.15) is 30.6 Å². The first-order valence-electron chi connectivity index (χ1n) is 7.57. The molecule has 2 unspecified atom stereocenters. The summed E-state index contributed by atoms with van der Waals surface area (Å²) in [5.41, 5.74) is 2.14. The van der Waals surface area contributed by atoms with Gasteiger partial charge >= 0.3 is 5.97 Å². The summed E-state index contributed by atoms with van der Waals surface area (Å²) in [6.07, 6.45) is 1.05. The van der Waals surface area contributed by atoms with Gasteiger partial charge in [-0.05, 0) is 24.5 Å². The van der Waals surface area contributed by atoms with E-state index in [1.165, 1.54) is 5.56 Å². The smallest absolute Gasteiger partial charge is 0.340 e. The molecule has 0 N–H and O–H groups in total. The van der Waals surface area contributed by atoms with Gasteiger partial charge in [0.25, 0.3) is 0 Å². The Morgan fingerprint density at radius 1 is 1.38 bits per heavy atom. The van der Waals surface area contributed by atoms with Gasteiger partial charge in [-0.1, -0.05) is 24.3 Å². The van der Waals surface area contributed by atoms with E-state index in [-0.39, 0.29) is 12.1 Å². The van der Waals surface area contributed by atoms with Gasteiger partial charge in [0, 0.05) is 6.42 Å². The highest BCUT2D eigenvalue weighted by molar-refractivity contribution is 5.77. The Labute approximate surface area is 127 Å². The second-order valence-corrected chi connectivity index (χ2v) is 6.75. The fourth-order valence-electron chi connectivity index (χ4n) is 2.48. The molecule has 116 valence electrons. The maximum absolute atomic E-state index is 12.3. The number of ether oxygens (including phenoxy) is 2. The van der Waals surface area contributed by atoms with E-state index in [9.17, 15) is 4.79 Å². The van der Waals surface area contributed by atoms with Crippen LogP contribution < -0.4 is 0 Å². The number of hydrogen-bond donors (Lipinski definition) is 0. The molecule has 0 amide bonds. The maximum Gasteiger partial charge on any atom is 0.340 e. The van der Waals surface area contributed by atoms with E-state index < -0.39 is 6.10 Å². The molecular formula is C17H26NO3+. The monoisotopic (exact) mass is 292 g/mol. The normalized spacial score (nSPS) is 19.7. The van der Waals surface area contributed by atoms with Gasteiger partial charge in [0.1, 0.15) is 6.10 Å². The van der Waals surface area contributed by atoms with Gasteiger partial charge in [-0.25, -0.2) is 4.79 Å². The number of rotatable bonds is 5. The molecule has 1 aliphatic rings. The van der Waals surface area contributed by atoms with Gasteiger partial charge in [-0.3, -0.25) is 0 Å². The molecule has 0 saturated carbocycles. The van der Waals surface area contributed by atoms with Crippen LogP contribution in [0.3, 0.4) is 0 Å². The second-order valence-electron chi connectivity index (χ2n) is 6.75. The van der Waals surface area contributed by atoms with E-state index in [2.05, 4.69) is 27.2 Å². The van der Waals surface area contributed by atoms with E-state index >= 15 is 0 Å². The van der Waals surface area contributed by atoms with E-state index in [1.54, 1.807) is 0 Å². The molecule has 0 saturated heterocycles.